The predicted molar refractivity (Wildman–Crippen MR) is 280 cm³/mol. The van der Waals surface area contributed by atoms with Gasteiger partial charge in [0.1, 0.15) is 11.2 Å². The van der Waals surface area contributed by atoms with Gasteiger partial charge in [-0.25, -0.2) is 0 Å². The summed E-state index contributed by atoms with van der Waals surface area (Å²) in [6.07, 6.45) is 0. The molecule has 14 rings (SSSR count). The molecular formula is C60H49BN2OS. The molecule has 11 aromatic rings. The quantitative estimate of drug-likeness (QED) is 0.153. The summed E-state index contributed by atoms with van der Waals surface area (Å²) in [7, 11) is 0. The third-order valence-corrected chi connectivity index (χ3v) is 16.7. The zero-order valence-electron chi connectivity index (χ0n) is 38.5. The lowest BCUT2D eigenvalue weighted by Gasteiger charge is -2.43. The minimum Gasteiger partial charge on any atom is -0.456 e. The summed E-state index contributed by atoms with van der Waals surface area (Å²) in [6.45, 7) is 21.1. The Morgan fingerprint density at radius 1 is 0.554 bits per heavy atom. The Balaban J connectivity index is 1.15. The first-order valence-corrected chi connectivity index (χ1v) is 24.1. The highest BCUT2D eigenvalue weighted by Gasteiger charge is 2.47. The minimum absolute atomic E-state index is 0.0340. The van der Waals surface area contributed by atoms with Crippen molar-refractivity contribution in [1.29, 1.82) is 0 Å². The van der Waals surface area contributed by atoms with Crippen LogP contribution in [0.4, 0.5) is 11.4 Å². The van der Waals surface area contributed by atoms with E-state index in [9.17, 15) is 0 Å². The number of rotatable bonds is 1. The molecule has 5 heterocycles. The lowest BCUT2D eigenvalue weighted by atomic mass is 9.43. The lowest BCUT2D eigenvalue weighted by Crippen LogP contribution is -2.60. The Morgan fingerprint density at radius 2 is 1.28 bits per heavy atom. The van der Waals surface area contributed by atoms with E-state index < -0.39 is 0 Å². The summed E-state index contributed by atoms with van der Waals surface area (Å²) >= 11 is 1.91. The maximum Gasteiger partial charge on any atom is 0.333 e. The molecule has 0 spiro atoms. The van der Waals surface area contributed by atoms with Gasteiger partial charge in [-0.15, -0.1) is 11.3 Å². The van der Waals surface area contributed by atoms with Crippen molar-refractivity contribution in [2.75, 3.05) is 4.81 Å². The van der Waals surface area contributed by atoms with Crippen molar-refractivity contribution in [3.8, 4) is 27.9 Å². The molecule has 1 aliphatic carbocycles. The van der Waals surface area contributed by atoms with Crippen molar-refractivity contribution in [1.82, 2.24) is 4.57 Å². The van der Waals surface area contributed by atoms with Crippen molar-refractivity contribution in [3.05, 3.63) is 161 Å². The molecule has 0 bridgehead atoms. The van der Waals surface area contributed by atoms with Crippen LogP contribution in [0.2, 0.25) is 0 Å². The van der Waals surface area contributed by atoms with Gasteiger partial charge < -0.3 is 13.8 Å². The lowest BCUT2D eigenvalue weighted by molar-refractivity contribution is 0.584. The monoisotopic (exact) mass is 856 g/mol. The average Bonchev–Trinajstić information content (AvgIpc) is 4.00. The number of hydrogen-bond donors (Lipinski definition) is 0. The summed E-state index contributed by atoms with van der Waals surface area (Å²) in [5.74, 6) is 0. The number of nitrogens with zero attached hydrogens (tertiary/aromatic N) is 2. The number of anilines is 2. The van der Waals surface area contributed by atoms with Gasteiger partial charge >= 0.3 is 6.85 Å². The van der Waals surface area contributed by atoms with Gasteiger partial charge in [-0.2, -0.15) is 0 Å². The highest BCUT2D eigenvalue weighted by molar-refractivity contribution is 7.26. The van der Waals surface area contributed by atoms with Crippen molar-refractivity contribution in [2.45, 2.75) is 78.6 Å². The van der Waals surface area contributed by atoms with E-state index in [0.717, 1.165) is 21.9 Å². The molecule has 0 unspecified atom stereocenters. The molecule has 3 nitrogen and oxygen atoms in total. The van der Waals surface area contributed by atoms with Crippen LogP contribution in [0.15, 0.2) is 138 Å². The summed E-state index contributed by atoms with van der Waals surface area (Å²) in [5.41, 5.74) is 22.9. The molecule has 0 saturated carbocycles. The fourth-order valence-corrected chi connectivity index (χ4v) is 13.4. The maximum atomic E-state index is 6.63. The topological polar surface area (TPSA) is 21.3 Å². The Hall–Kier alpha value is -6.56. The van der Waals surface area contributed by atoms with Crippen LogP contribution < -0.4 is 15.7 Å². The Morgan fingerprint density at radius 3 is 2.06 bits per heavy atom. The second-order valence-electron chi connectivity index (χ2n) is 21.8. The zero-order chi connectivity index (χ0) is 44.2. The number of fused-ring (bicyclic) bond motifs is 17. The summed E-state index contributed by atoms with van der Waals surface area (Å²) in [5, 5.41) is 7.48. The molecule has 0 saturated heterocycles. The molecule has 3 aromatic heterocycles. The van der Waals surface area contributed by atoms with Crippen LogP contribution in [0.1, 0.15) is 83.2 Å². The largest absolute Gasteiger partial charge is 0.456 e. The van der Waals surface area contributed by atoms with Crippen molar-refractivity contribution >= 4 is 104 Å². The SMILES string of the molecule is Cc1cc2c3c4c1c1cc5oc6ccccc6c5cc1n4-c1cc4c(cc1B3N(c1ccc(C(C)(C)C)cc1)c1cc3c(cc1-2)C(C)(C)c1cc(C(C)(C)C)ccc1-3)sc1ccccc14. The van der Waals surface area contributed by atoms with Crippen LogP contribution in [0.25, 0.3) is 91.9 Å². The Labute approximate surface area is 384 Å². The van der Waals surface area contributed by atoms with Crippen molar-refractivity contribution in [2.24, 2.45) is 0 Å². The fraction of sp³-hybridized carbons (Fsp3) is 0.200. The summed E-state index contributed by atoms with van der Waals surface area (Å²) < 4.78 is 11.9. The maximum absolute atomic E-state index is 6.63. The van der Waals surface area contributed by atoms with Crippen molar-refractivity contribution < 1.29 is 4.42 Å². The van der Waals surface area contributed by atoms with Crippen LogP contribution in [0.3, 0.4) is 0 Å². The van der Waals surface area contributed by atoms with Gasteiger partial charge in [-0.05, 0) is 134 Å². The van der Waals surface area contributed by atoms with Crippen LogP contribution in [0, 0.1) is 6.92 Å². The fourth-order valence-electron chi connectivity index (χ4n) is 12.2. The van der Waals surface area contributed by atoms with E-state index in [4.69, 9.17) is 4.42 Å². The first kappa shape index (κ1) is 37.8. The minimum atomic E-state index is -0.168. The molecule has 3 aliphatic rings. The standard InChI is InChI=1S/C60H49BN2OS/c1-32-24-43-40-26-46-39(36-23-20-34(59(5,6)7)25-45(36)60(46,8)9)27-49(40)63(35-21-18-33(19-22-35)58(2,3)4)61-47-31-54-42(38-15-11-13-17-53(38)65-54)29-50(47)62-48-28-41-37-14-10-12-16-51(37)64-52(41)30-44(48)55(32)57(62)56(43)61/h10-31H,1-9H3. The van der Waals surface area contributed by atoms with Crippen LogP contribution in [-0.2, 0) is 16.2 Å². The number of hydrogen-bond acceptors (Lipinski definition) is 3. The molecule has 8 aromatic carbocycles. The van der Waals surface area contributed by atoms with Gasteiger partial charge in [-0.1, -0.05) is 128 Å². The van der Waals surface area contributed by atoms with Crippen LogP contribution in [-0.4, -0.2) is 11.4 Å². The first-order chi connectivity index (χ1) is 31.1. The predicted octanol–water partition coefficient (Wildman–Crippen LogP) is 15.5. The van der Waals surface area contributed by atoms with E-state index in [2.05, 4.69) is 205 Å². The molecule has 0 atom stereocenters. The van der Waals surface area contributed by atoms with E-state index in [-0.39, 0.29) is 23.1 Å². The third-order valence-electron chi connectivity index (χ3n) is 15.6. The molecule has 2 aliphatic heterocycles. The Bertz CT molecular complexity index is 3960. The number of thiophene rings is 1. The molecule has 0 radical (unpaired) electrons. The van der Waals surface area contributed by atoms with Crippen LogP contribution in [0.5, 0.6) is 0 Å². The zero-order valence-corrected chi connectivity index (χ0v) is 39.3. The second-order valence-corrected chi connectivity index (χ2v) is 22.9. The first-order valence-electron chi connectivity index (χ1n) is 23.3. The van der Waals surface area contributed by atoms with E-state index >= 15 is 0 Å². The molecule has 5 heteroatoms. The second kappa shape index (κ2) is 12.2. The number of benzene rings is 8. The highest BCUT2D eigenvalue weighted by atomic mass is 32.1. The average molecular weight is 857 g/mol. The summed E-state index contributed by atoms with van der Waals surface area (Å²) in [4.78, 5) is 2.71. The molecule has 0 N–H and O–H groups in total. The molecule has 0 amide bonds. The van der Waals surface area contributed by atoms with Gasteiger partial charge in [0, 0.05) is 69.8 Å². The van der Waals surface area contributed by atoms with E-state index in [1.54, 1.807) is 0 Å². The third kappa shape index (κ3) is 4.87. The molecular weight excluding hydrogens is 808 g/mol. The van der Waals surface area contributed by atoms with Gasteiger partial charge in [0.2, 0.25) is 0 Å². The normalized spacial score (nSPS) is 14.9. The van der Waals surface area contributed by atoms with E-state index in [1.807, 2.05) is 11.3 Å². The van der Waals surface area contributed by atoms with Gasteiger partial charge in [-0.3, -0.25) is 0 Å². The van der Waals surface area contributed by atoms with Gasteiger partial charge in [0.25, 0.3) is 0 Å². The van der Waals surface area contributed by atoms with Crippen molar-refractivity contribution in [3.63, 3.8) is 0 Å². The van der Waals surface area contributed by atoms with Gasteiger partial charge in [0.05, 0.1) is 11.0 Å². The molecule has 65 heavy (non-hydrogen) atoms. The number of para-hydroxylation sites is 1. The molecule has 314 valence electrons. The van der Waals surface area contributed by atoms with Crippen LogP contribution >= 0.6 is 11.3 Å². The number of furan rings is 1. The molecule has 0 fully saturated rings. The van der Waals surface area contributed by atoms with E-state index in [1.165, 1.54) is 120 Å². The Kier molecular flexibility index (Phi) is 7.10. The number of aryl methyl sites for hydroxylation is 1. The van der Waals surface area contributed by atoms with Gasteiger partial charge in [0.15, 0.2) is 0 Å². The highest BCUT2D eigenvalue weighted by Crippen LogP contribution is 2.55. The number of aromatic nitrogens is 1. The smallest absolute Gasteiger partial charge is 0.333 e. The van der Waals surface area contributed by atoms with E-state index in [0.29, 0.717) is 0 Å². The summed E-state index contributed by atoms with van der Waals surface area (Å²) in [6, 6.07) is 51.7.